The summed E-state index contributed by atoms with van der Waals surface area (Å²) in [5.41, 5.74) is 0.539. The first-order valence-corrected chi connectivity index (χ1v) is 5.56. The molecule has 0 unspecified atom stereocenters. The summed E-state index contributed by atoms with van der Waals surface area (Å²) in [4.78, 5) is 15.8. The van der Waals surface area contributed by atoms with Crippen molar-refractivity contribution >= 4 is 17.5 Å². The number of aryl methyl sites for hydroxylation is 1. The Morgan fingerprint density at radius 2 is 2.47 bits per heavy atom. The van der Waals surface area contributed by atoms with Gasteiger partial charge in [0.05, 0.1) is 11.6 Å². The van der Waals surface area contributed by atoms with E-state index in [1.54, 1.807) is 16.8 Å². The van der Waals surface area contributed by atoms with E-state index in [9.17, 15) is 4.79 Å². The number of H-pyrrole nitrogens is 1. The van der Waals surface area contributed by atoms with E-state index in [-0.39, 0.29) is 5.91 Å². The summed E-state index contributed by atoms with van der Waals surface area (Å²) < 4.78 is 1.79. The topological polar surface area (TPSA) is 75.6 Å². The highest BCUT2D eigenvalue weighted by molar-refractivity contribution is 6.31. The summed E-state index contributed by atoms with van der Waals surface area (Å²) in [6, 6.07) is 1.64. The number of nitrogens with one attached hydrogen (secondary N) is 2. The number of aromatic amines is 1. The van der Waals surface area contributed by atoms with Crippen LogP contribution in [0.25, 0.3) is 0 Å². The van der Waals surface area contributed by atoms with Gasteiger partial charge in [0.1, 0.15) is 17.8 Å². The van der Waals surface area contributed by atoms with Gasteiger partial charge in [0, 0.05) is 12.7 Å². The van der Waals surface area contributed by atoms with Crippen molar-refractivity contribution in [1.82, 2.24) is 25.1 Å². The second-order valence-corrected chi connectivity index (χ2v) is 3.88. The fourth-order valence-electron chi connectivity index (χ4n) is 1.50. The monoisotopic (exact) mass is 253 g/mol. The van der Waals surface area contributed by atoms with Crippen molar-refractivity contribution in [3.63, 3.8) is 0 Å². The number of carbonyl (C=O) groups is 1. The molecule has 0 fully saturated rings. The van der Waals surface area contributed by atoms with E-state index in [0.717, 1.165) is 0 Å². The summed E-state index contributed by atoms with van der Waals surface area (Å²) in [6.07, 6.45) is 3.12. The molecule has 2 aromatic heterocycles. The van der Waals surface area contributed by atoms with Crippen molar-refractivity contribution in [1.29, 1.82) is 0 Å². The molecule has 0 atom stereocenters. The largest absolute Gasteiger partial charge is 0.343 e. The second-order valence-electron chi connectivity index (χ2n) is 3.44. The molecule has 90 valence electrons. The lowest BCUT2D eigenvalue weighted by molar-refractivity contribution is 0.0941. The average Bonchev–Trinajstić information content (AvgIpc) is 2.94. The van der Waals surface area contributed by atoms with E-state index < -0.39 is 0 Å². The Morgan fingerprint density at radius 1 is 1.65 bits per heavy atom. The molecule has 17 heavy (non-hydrogen) atoms. The summed E-state index contributed by atoms with van der Waals surface area (Å²) in [5.74, 6) is 0.425. The van der Waals surface area contributed by atoms with Gasteiger partial charge < -0.3 is 9.88 Å². The van der Waals surface area contributed by atoms with Crippen LogP contribution in [0, 0.1) is 0 Å². The van der Waals surface area contributed by atoms with E-state index >= 15 is 0 Å². The molecule has 6 nitrogen and oxygen atoms in total. The van der Waals surface area contributed by atoms with Crippen LogP contribution < -0.4 is 5.32 Å². The summed E-state index contributed by atoms with van der Waals surface area (Å²) >= 11 is 5.86. The van der Waals surface area contributed by atoms with Gasteiger partial charge in [-0.25, -0.2) is 4.98 Å². The lowest BCUT2D eigenvalue weighted by Gasteiger charge is -2.06. The Kier molecular flexibility index (Phi) is 3.43. The van der Waals surface area contributed by atoms with Gasteiger partial charge in [0.2, 0.25) is 0 Å². The van der Waals surface area contributed by atoms with Crippen LogP contribution >= 0.6 is 11.6 Å². The normalized spacial score (nSPS) is 10.5. The van der Waals surface area contributed by atoms with E-state index in [2.05, 4.69) is 20.5 Å². The molecule has 0 aliphatic carbocycles. The molecule has 2 rings (SSSR count). The second kappa shape index (κ2) is 5.01. The molecule has 2 aromatic rings. The van der Waals surface area contributed by atoms with E-state index in [4.69, 9.17) is 11.6 Å². The van der Waals surface area contributed by atoms with Crippen LogP contribution in [-0.2, 0) is 13.1 Å². The van der Waals surface area contributed by atoms with Gasteiger partial charge in [-0.05, 0) is 13.0 Å². The van der Waals surface area contributed by atoms with Crippen LogP contribution in [0.4, 0.5) is 0 Å². The molecule has 0 bridgehead atoms. The molecule has 0 saturated carbocycles. The zero-order valence-electron chi connectivity index (χ0n) is 9.27. The van der Waals surface area contributed by atoms with E-state index in [1.165, 1.54) is 6.33 Å². The van der Waals surface area contributed by atoms with Gasteiger partial charge in [-0.3, -0.25) is 9.89 Å². The number of aromatic nitrogens is 4. The number of carbonyl (C=O) groups excluding carboxylic acids is 1. The molecule has 1 amide bonds. The maximum absolute atomic E-state index is 11.9. The third kappa shape index (κ3) is 2.65. The van der Waals surface area contributed by atoms with Crippen LogP contribution in [0.3, 0.4) is 0 Å². The summed E-state index contributed by atoms with van der Waals surface area (Å²) in [5, 5.41) is 9.66. The number of rotatable bonds is 4. The fraction of sp³-hybridized carbons (Fsp3) is 0.300. The zero-order valence-corrected chi connectivity index (χ0v) is 10.0. The molecule has 2 N–H and O–H groups in total. The molecule has 0 aromatic carbocycles. The maximum atomic E-state index is 11.9. The van der Waals surface area contributed by atoms with Crippen molar-refractivity contribution in [2.45, 2.75) is 20.0 Å². The van der Waals surface area contributed by atoms with Crippen molar-refractivity contribution in [2.24, 2.45) is 0 Å². The highest BCUT2D eigenvalue weighted by Gasteiger charge is 2.12. The Morgan fingerprint density at radius 3 is 3.12 bits per heavy atom. The zero-order chi connectivity index (χ0) is 12.3. The van der Waals surface area contributed by atoms with Crippen LogP contribution in [0.15, 0.2) is 18.6 Å². The van der Waals surface area contributed by atoms with Crippen LogP contribution in [0.1, 0.15) is 23.2 Å². The smallest absolute Gasteiger partial charge is 0.268 e. The number of amides is 1. The van der Waals surface area contributed by atoms with E-state index in [1.807, 2.05) is 6.92 Å². The fourth-order valence-corrected chi connectivity index (χ4v) is 1.72. The number of hydrogen-bond acceptors (Lipinski definition) is 3. The van der Waals surface area contributed by atoms with Crippen molar-refractivity contribution in [3.05, 3.63) is 35.1 Å². The Labute approximate surface area is 103 Å². The van der Waals surface area contributed by atoms with Gasteiger partial charge >= 0.3 is 0 Å². The lowest BCUT2D eigenvalue weighted by Crippen LogP contribution is -2.25. The van der Waals surface area contributed by atoms with Crippen LogP contribution in [-0.4, -0.2) is 25.7 Å². The minimum absolute atomic E-state index is 0.185. The van der Waals surface area contributed by atoms with Crippen molar-refractivity contribution in [2.75, 3.05) is 0 Å². The standard InChI is InChI=1S/C10H12ClN5O/c1-2-16-5-7(11)3-8(16)10(17)12-4-9-13-6-14-15-9/h3,5-6H,2,4H2,1H3,(H,12,17)(H,13,14,15). The Balaban J connectivity index is 2.04. The minimum atomic E-state index is -0.185. The van der Waals surface area contributed by atoms with Gasteiger partial charge in [0.25, 0.3) is 5.91 Å². The van der Waals surface area contributed by atoms with Crippen molar-refractivity contribution < 1.29 is 4.79 Å². The highest BCUT2D eigenvalue weighted by Crippen LogP contribution is 2.14. The lowest BCUT2D eigenvalue weighted by atomic mass is 10.4. The molecule has 0 aliphatic rings. The summed E-state index contributed by atoms with van der Waals surface area (Å²) in [6.45, 7) is 2.95. The molecule has 7 heteroatoms. The predicted octanol–water partition coefficient (Wildman–Crippen LogP) is 1.21. The molecule has 0 saturated heterocycles. The van der Waals surface area contributed by atoms with Gasteiger partial charge in [-0.15, -0.1) is 0 Å². The summed E-state index contributed by atoms with van der Waals surface area (Å²) in [7, 11) is 0. The first-order chi connectivity index (χ1) is 8.20. The quantitative estimate of drug-likeness (QED) is 0.860. The Hall–Kier alpha value is -1.82. The molecule has 2 heterocycles. The SMILES string of the molecule is CCn1cc(Cl)cc1C(=O)NCc1ncn[nH]1. The molecular weight excluding hydrogens is 242 g/mol. The van der Waals surface area contributed by atoms with Gasteiger partial charge in [-0.2, -0.15) is 5.10 Å². The highest BCUT2D eigenvalue weighted by atomic mass is 35.5. The molecular formula is C10H12ClN5O. The van der Waals surface area contributed by atoms with E-state index in [0.29, 0.717) is 29.6 Å². The molecule has 0 radical (unpaired) electrons. The third-order valence-corrected chi connectivity index (χ3v) is 2.52. The first-order valence-electron chi connectivity index (χ1n) is 5.18. The number of halogens is 1. The minimum Gasteiger partial charge on any atom is -0.343 e. The number of hydrogen-bond donors (Lipinski definition) is 2. The molecule has 0 aliphatic heterocycles. The van der Waals surface area contributed by atoms with Crippen LogP contribution in [0.2, 0.25) is 5.02 Å². The predicted molar refractivity (Wildman–Crippen MR) is 62.7 cm³/mol. The Bertz CT molecular complexity index is 505. The average molecular weight is 254 g/mol. The van der Waals surface area contributed by atoms with Gasteiger partial charge in [-0.1, -0.05) is 11.6 Å². The first kappa shape index (κ1) is 11.7. The maximum Gasteiger partial charge on any atom is 0.268 e. The van der Waals surface area contributed by atoms with Gasteiger partial charge in [0.15, 0.2) is 0 Å². The molecule has 0 spiro atoms. The van der Waals surface area contributed by atoms with Crippen molar-refractivity contribution in [3.8, 4) is 0 Å². The number of nitrogens with zero attached hydrogens (tertiary/aromatic N) is 3. The van der Waals surface area contributed by atoms with Crippen LogP contribution in [0.5, 0.6) is 0 Å². The third-order valence-electron chi connectivity index (χ3n) is 2.32.